The Hall–Kier alpha value is -3.96. The van der Waals surface area contributed by atoms with Gasteiger partial charge in [-0.15, -0.1) is 0 Å². The maximum Gasteiger partial charge on any atom is 0.269 e. The molecule has 0 unspecified atom stereocenters. The van der Waals surface area contributed by atoms with E-state index in [1.165, 1.54) is 17.6 Å². The van der Waals surface area contributed by atoms with E-state index in [2.05, 4.69) is 10.3 Å². The molecule has 0 saturated carbocycles. The summed E-state index contributed by atoms with van der Waals surface area (Å²) in [5.74, 6) is -0.0670. The molecule has 0 aliphatic heterocycles. The number of ether oxygens (including phenoxy) is 2. The monoisotopic (exact) mass is 432 g/mol. The molecule has 0 spiro atoms. The van der Waals surface area contributed by atoms with Crippen LogP contribution in [0.2, 0.25) is 0 Å². The predicted octanol–water partition coefficient (Wildman–Crippen LogP) is 3.08. The Balaban J connectivity index is 2.17. The number of nitrogens with one attached hydrogen (secondary N) is 1. The molecule has 8 nitrogen and oxygen atoms in total. The standard InChI is InChI=1S/C24H24N4O4/c1-15-7-8-20(17(3)12-15)32-23-19(13-18(14-25)22(29)26-9-11-31-4)24(30)28-10-5-6-16(2)21(28)27-23/h5-8,10,12-13H,9,11H2,1-4H3,(H,26,29). The molecule has 1 amide bonds. The fraction of sp³-hybridized carbons (Fsp3) is 0.250. The number of methoxy groups -OCH3 is 1. The summed E-state index contributed by atoms with van der Waals surface area (Å²) >= 11 is 0. The summed E-state index contributed by atoms with van der Waals surface area (Å²) in [6, 6.07) is 11.1. The highest BCUT2D eigenvalue weighted by Crippen LogP contribution is 2.27. The summed E-state index contributed by atoms with van der Waals surface area (Å²) in [5.41, 5.74) is 2.46. The van der Waals surface area contributed by atoms with Crippen molar-refractivity contribution in [3.05, 3.63) is 74.7 Å². The van der Waals surface area contributed by atoms with Gasteiger partial charge in [0.05, 0.1) is 6.61 Å². The van der Waals surface area contributed by atoms with Crippen LogP contribution in [0.3, 0.4) is 0 Å². The predicted molar refractivity (Wildman–Crippen MR) is 121 cm³/mol. The van der Waals surface area contributed by atoms with Crippen molar-refractivity contribution in [3.8, 4) is 17.7 Å². The maximum absolute atomic E-state index is 13.3. The third kappa shape index (κ3) is 4.85. The normalized spacial score (nSPS) is 11.3. The fourth-order valence-electron chi connectivity index (χ4n) is 3.17. The Labute approximate surface area is 185 Å². The van der Waals surface area contributed by atoms with E-state index in [0.29, 0.717) is 18.0 Å². The fourth-order valence-corrected chi connectivity index (χ4v) is 3.17. The van der Waals surface area contributed by atoms with E-state index >= 15 is 0 Å². The van der Waals surface area contributed by atoms with Gasteiger partial charge in [-0.3, -0.25) is 14.0 Å². The van der Waals surface area contributed by atoms with Crippen LogP contribution in [0.4, 0.5) is 0 Å². The van der Waals surface area contributed by atoms with Crippen LogP contribution >= 0.6 is 0 Å². The lowest BCUT2D eigenvalue weighted by Crippen LogP contribution is -2.28. The van der Waals surface area contributed by atoms with E-state index in [4.69, 9.17) is 9.47 Å². The van der Waals surface area contributed by atoms with Crippen molar-refractivity contribution in [1.29, 1.82) is 5.26 Å². The van der Waals surface area contributed by atoms with Crippen LogP contribution in [-0.2, 0) is 9.53 Å². The number of amides is 1. The first-order valence-electron chi connectivity index (χ1n) is 10.0. The molecule has 0 radical (unpaired) electrons. The number of nitriles is 1. The molecule has 2 aromatic heterocycles. The number of pyridine rings is 1. The summed E-state index contributed by atoms with van der Waals surface area (Å²) in [4.78, 5) is 30.3. The number of hydrogen-bond donors (Lipinski definition) is 1. The highest BCUT2D eigenvalue weighted by atomic mass is 16.5. The molecule has 2 heterocycles. The molecule has 1 aromatic carbocycles. The van der Waals surface area contributed by atoms with Crippen LogP contribution in [0, 0.1) is 32.1 Å². The number of aryl methyl sites for hydroxylation is 3. The number of hydrogen-bond acceptors (Lipinski definition) is 6. The van der Waals surface area contributed by atoms with E-state index in [1.54, 1.807) is 18.3 Å². The van der Waals surface area contributed by atoms with Gasteiger partial charge in [0.25, 0.3) is 11.5 Å². The molecule has 0 aliphatic carbocycles. The second-order valence-electron chi connectivity index (χ2n) is 7.31. The lowest BCUT2D eigenvalue weighted by molar-refractivity contribution is -0.117. The number of rotatable bonds is 7. The first-order chi connectivity index (χ1) is 15.3. The van der Waals surface area contributed by atoms with Gasteiger partial charge in [-0.05, 0) is 50.1 Å². The largest absolute Gasteiger partial charge is 0.438 e. The van der Waals surface area contributed by atoms with Gasteiger partial charge < -0.3 is 14.8 Å². The molecule has 0 fully saturated rings. The Bertz CT molecular complexity index is 1300. The second kappa shape index (κ2) is 9.90. The minimum absolute atomic E-state index is 0.00603. The Morgan fingerprint density at radius 1 is 1.25 bits per heavy atom. The molecule has 0 atom stereocenters. The van der Waals surface area contributed by atoms with E-state index in [0.717, 1.165) is 16.7 Å². The zero-order valence-electron chi connectivity index (χ0n) is 18.4. The third-order valence-corrected chi connectivity index (χ3v) is 4.83. The van der Waals surface area contributed by atoms with Gasteiger partial charge in [-0.1, -0.05) is 23.8 Å². The number of fused-ring (bicyclic) bond motifs is 1. The number of aromatic nitrogens is 2. The zero-order chi connectivity index (χ0) is 23.3. The summed E-state index contributed by atoms with van der Waals surface area (Å²) in [6.45, 7) is 6.22. The first kappa shape index (κ1) is 22.7. The molecule has 0 bridgehead atoms. The Morgan fingerprint density at radius 3 is 2.72 bits per heavy atom. The molecule has 8 heteroatoms. The second-order valence-corrected chi connectivity index (χ2v) is 7.31. The van der Waals surface area contributed by atoms with Crippen molar-refractivity contribution in [1.82, 2.24) is 14.7 Å². The average Bonchev–Trinajstić information content (AvgIpc) is 2.76. The van der Waals surface area contributed by atoms with Crippen LogP contribution in [0.15, 0.2) is 46.9 Å². The van der Waals surface area contributed by atoms with Crippen molar-refractivity contribution in [2.45, 2.75) is 20.8 Å². The molecule has 32 heavy (non-hydrogen) atoms. The molecular formula is C24H24N4O4. The highest BCUT2D eigenvalue weighted by Gasteiger charge is 2.18. The quantitative estimate of drug-likeness (QED) is 0.349. The van der Waals surface area contributed by atoms with Gasteiger partial charge in [0, 0.05) is 19.9 Å². The number of benzene rings is 1. The molecule has 164 valence electrons. The maximum atomic E-state index is 13.3. The van der Waals surface area contributed by atoms with Gasteiger partial charge in [-0.2, -0.15) is 10.2 Å². The minimum atomic E-state index is -0.615. The minimum Gasteiger partial charge on any atom is -0.438 e. The van der Waals surface area contributed by atoms with Crippen molar-refractivity contribution in [3.63, 3.8) is 0 Å². The number of carbonyl (C=O) groups is 1. The molecule has 3 aromatic rings. The van der Waals surface area contributed by atoms with Crippen LogP contribution < -0.4 is 15.6 Å². The Kier molecular flexibility index (Phi) is 7.03. The van der Waals surface area contributed by atoms with E-state index in [9.17, 15) is 14.9 Å². The first-order valence-corrected chi connectivity index (χ1v) is 10.0. The summed E-state index contributed by atoms with van der Waals surface area (Å²) < 4.78 is 12.3. The van der Waals surface area contributed by atoms with Crippen molar-refractivity contribution < 1.29 is 14.3 Å². The van der Waals surface area contributed by atoms with Gasteiger partial charge >= 0.3 is 0 Å². The molecule has 0 saturated heterocycles. The topological polar surface area (TPSA) is 106 Å². The lowest BCUT2D eigenvalue weighted by Gasteiger charge is -2.13. The van der Waals surface area contributed by atoms with Crippen molar-refractivity contribution >= 4 is 17.6 Å². The smallest absolute Gasteiger partial charge is 0.269 e. The van der Waals surface area contributed by atoms with Gasteiger partial charge in [0.15, 0.2) is 0 Å². The average molecular weight is 432 g/mol. The van der Waals surface area contributed by atoms with Gasteiger partial charge in [0.1, 0.15) is 28.6 Å². The summed E-state index contributed by atoms with van der Waals surface area (Å²) in [7, 11) is 1.51. The lowest BCUT2D eigenvalue weighted by atomic mass is 10.1. The SMILES string of the molecule is COCCNC(=O)C(C#N)=Cc1c(Oc2ccc(C)cc2C)nc2c(C)cccn2c1=O. The molecular weight excluding hydrogens is 408 g/mol. The van der Waals surface area contributed by atoms with Crippen LogP contribution in [0.5, 0.6) is 11.6 Å². The number of nitrogens with zero attached hydrogens (tertiary/aromatic N) is 3. The Morgan fingerprint density at radius 2 is 2.03 bits per heavy atom. The van der Waals surface area contributed by atoms with Crippen molar-refractivity contribution in [2.75, 3.05) is 20.3 Å². The third-order valence-electron chi connectivity index (χ3n) is 4.83. The molecule has 1 N–H and O–H groups in total. The van der Waals surface area contributed by atoms with Crippen molar-refractivity contribution in [2.24, 2.45) is 0 Å². The number of carbonyl (C=O) groups excluding carboxylic acids is 1. The van der Waals surface area contributed by atoms with Crippen LogP contribution in [0.1, 0.15) is 22.3 Å². The van der Waals surface area contributed by atoms with Gasteiger partial charge in [0.2, 0.25) is 5.88 Å². The van der Waals surface area contributed by atoms with Crippen LogP contribution in [0.25, 0.3) is 11.7 Å². The zero-order valence-corrected chi connectivity index (χ0v) is 18.4. The van der Waals surface area contributed by atoms with E-state index < -0.39 is 11.5 Å². The molecule has 0 aliphatic rings. The highest BCUT2D eigenvalue weighted by molar-refractivity contribution is 6.01. The van der Waals surface area contributed by atoms with Crippen LogP contribution in [-0.4, -0.2) is 35.6 Å². The van der Waals surface area contributed by atoms with E-state index in [-0.39, 0.29) is 23.6 Å². The summed E-state index contributed by atoms with van der Waals surface area (Å²) in [5, 5.41) is 12.1. The molecule has 3 rings (SSSR count). The van der Waals surface area contributed by atoms with Gasteiger partial charge in [-0.25, -0.2) is 0 Å². The van der Waals surface area contributed by atoms with E-state index in [1.807, 2.05) is 45.0 Å². The summed E-state index contributed by atoms with van der Waals surface area (Å²) in [6.07, 6.45) is 2.80.